The van der Waals surface area contributed by atoms with Crippen LogP contribution < -0.4 is 4.74 Å². The third-order valence-electron chi connectivity index (χ3n) is 5.55. The van der Waals surface area contributed by atoms with E-state index in [1.165, 1.54) is 37.7 Å². The lowest BCUT2D eigenvalue weighted by Crippen LogP contribution is -2.37. The Morgan fingerprint density at radius 2 is 1.88 bits per heavy atom. The van der Waals surface area contributed by atoms with Crippen LogP contribution in [0.2, 0.25) is 0 Å². The van der Waals surface area contributed by atoms with Gasteiger partial charge in [-0.1, -0.05) is 37.5 Å². The first-order chi connectivity index (χ1) is 11.8. The Balaban J connectivity index is 1.82. The normalized spacial score (nSPS) is 22.8. The zero-order valence-electron chi connectivity index (χ0n) is 14.5. The standard InChI is InChI=1S/C21H28O3/c1-23-19-9-5-17(6-10-19)21(13-3-2-4-14-21)18-7-11-20(12-8-18)24-16-15-22/h5-7,9-12,18,22H,2-4,8,13-16H2,1H3. The number of aliphatic hydroxyl groups excluding tert-OH is 1. The van der Waals surface area contributed by atoms with Gasteiger partial charge in [-0.3, -0.25) is 0 Å². The van der Waals surface area contributed by atoms with Crippen molar-refractivity contribution < 1.29 is 14.6 Å². The van der Waals surface area contributed by atoms with Gasteiger partial charge < -0.3 is 14.6 Å². The van der Waals surface area contributed by atoms with Gasteiger partial charge >= 0.3 is 0 Å². The summed E-state index contributed by atoms with van der Waals surface area (Å²) >= 11 is 0. The molecule has 2 aliphatic rings. The highest BCUT2D eigenvalue weighted by Crippen LogP contribution is 2.48. The molecule has 0 bridgehead atoms. The van der Waals surface area contributed by atoms with Gasteiger partial charge in [0.05, 0.1) is 13.7 Å². The van der Waals surface area contributed by atoms with Crippen LogP contribution >= 0.6 is 0 Å². The quantitative estimate of drug-likeness (QED) is 0.843. The highest BCUT2D eigenvalue weighted by Gasteiger charge is 2.40. The van der Waals surface area contributed by atoms with E-state index < -0.39 is 0 Å². The van der Waals surface area contributed by atoms with Crippen molar-refractivity contribution in [1.82, 2.24) is 0 Å². The molecule has 0 heterocycles. The second kappa shape index (κ2) is 7.89. The summed E-state index contributed by atoms with van der Waals surface area (Å²) in [7, 11) is 1.72. The summed E-state index contributed by atoms with van der Waals surface area (Å²) in [5, 5.41) is 8.90. The molecule has 1 unspecified atom stereocenters. The van der Waals surface area contributed by atoms with Crippen LogP contribution in [0, 0.1) is 5.92 Å². The van der Waals surface area contributed by atoms with Crippen LogP contribution in [0.3, 0.4) is 0 Å². The minimum atomic E-state index is 0.0599. The lowest BCUT2D eigenvalue weighted by atomic mass is 9.60. The Morgan fingerprint density at radius 3 is 2.46 bits per heavy atom. The second-order valence-electron chi connectivity index (χ2n) is 6.83. The van der Waals surface area contributed by atoms with Crippen molar-refractivity contribution >= 4 is 0 Å². The Bertz CT molecular complexity index is 580. The van der Waals surface area contributed by atoms with Crippen molar-refractivity contribution in [2.75, 3.05) is 20.3 Å². The van der Waals surface area contributed by atoms with Crippen LogP contribution in [-0.4, -0.2) is 25.4 Å². The van der Waals surface area contributed by atoms with Crippen LogP contribution in [0.5, 0.6) is 5.75 Å². The summed E-state index contributed by atoms with van der Waals surface area (Å²) in [5.41, 5.74) is 1.66. The van der Waals surface area contributed by atoms with Crippen LogP contribution in [0.4, 0.5) is 0 Å². The number of allylic oxidation sites excluding steroid dienone is 3. The average Bonchev–Trinajstić information content (AvgIpc) is 2.67. The molecule has 1 atom stereocenters. The molecule has 1 saturated carbocycles. The predicted molar refractivity (Wildman–Crippen MR) is 96.1 cm³/mol. The first kappa shape index (κ1) is 17.1. The van der Waals surface area contributed by atoms with E-state index >= 15 is 0 Å². The van der Waals surface area contributed by atoms with E-state index in [1.807, 2.05) is 0 Å². The highest BCUT2D eigenvalue weighted by molar-refractivity contribution is 5.36. The monoisotopic (exact) mass is 328 g/mol. The van der Waals surface area contributed by atoms with Gasteiger partial charge in [-0.25, -0.2) is 0 Å². The number of ether oxygens (including phenoxy) is 2. The molecule has 3 nitrogen and oxygen atoms in total. The molecule has 2 aliphatic carbocycles. The molecule has 1 aromatic rings. The maximum absolute atomic E-state index is 8.90. The Morgan fingerprint density at radius 1 is 1.12 bits per heavy atom. The molecule has 130 valence electrons. The molecule has 0 amide bonds. The second-order valence-corrected chi connectivity index (χ2v) is 6.83. The maximum atomic E-state index is 8.90. The summed E-state index contributed by atoms with van der Waals surface area (Å²) in [4.78, 5) is 0. The van der Waals surface area contributed by atoms with Crippen LogP contribution in [0.15, 0.2) is 48.3 Å². The molecular weight excluding hydrogens is 300 g/mol. The zero-order valence-corrected chi connectivity index (χ0v) is 14.5. The van der Waals surface area contributed by atoms with Crippen LogP contribution in [0.25, 0.3) is 0 Å². The van der Waals surface area contributed by atoms with E-state index in [9.17, 15) is 0 Å². The van der Waals surface area contributed by atoms with Crippen molar-refractivity contribution in [1.29, 1.82) is 0 Å². The smallest absolute Gasteiger partial charge is 0.118 e. The van der Waals surface area contributed by atoms with Crippen molar-refractivity contribution in [3.8, 4) is 5.75 Å². The summed E-state index contributed by atoms with van der Waals surface area (Å²) in [6.07, 6.45) is 14.0. The van der Waals surface area contributed by atoms with E-state index in [0.717, 1.165) is 17.9 Å². The van der Waals surface area contributed by atoms with Gasteiger partial charge in [0, 0.05) is 5.41 Å². The van der Waals surface area contributed by atoms with E-state index in [0.29, 0.717) is 12.5 Å². The van der Waals surface area contributed by atoms with Crippen molar-refractivity contribution in [2.45, 2.75) is 43.9 Å². The predicted octanol–water partition coefficient (Wildman–Crippen LogP) is 4.37. The molecule has 0 saturated heterocycles. The molecule has 3 heteroatoms. The first-order valence-electron chi connectivity index (χ1n) is 9.05. The topological polar surface area (TPSA) is 38.7 Å². The van der Waals surface area contributed by atoms with Gasteiger partial charge in [-0.05, 0) is 55.0 Å². The van der Waals surface area contributed by atoms with Gasteiger partial charge in [0.1, 0.15) is 18.1 Å². The number of aliphatic hydroxyl groups is 1. The third-order valence-corrected chi connectivity index (χ3v) is 5.55. The van der Waals surface area contributed by atoms with E-state index in [-0.39, 0.29) is 12.0 Å². The molecular formula is C21H28O3. The summed E-state index contributed by atoms with van der Waals surface area (Å²) in [5.74, 6) is 2.32. The Hall–Kier alpha value is -1.74. The molecule has 0 aromatic heterocycles. The molecule has 3 rings (SSSR count). The summed E-state index contributed by atoms with van der Waals surface area (Å²) in [6.45, 7) is 0.425. The van der Waals surface area contributed by atoms with Crippen LogP contribution in [0.1, 0.15) is 44.1 Å². The van der Waals surface area contributed by atoms with Gasteiger partial charge in [0.25, 0.3) is 0 Å². The number of methoxy groups -OCH3 is 1. The number of hydrogen-bond acceptors (Lipinski definition) is 3. The molecule has 1 aromatic carbocycles. The van der Waals surface area contributed by atoms with Gasteiger partial charge in [0.15, 0.2) is 0 Å². The van der Waals surface area contributed by atoms with E-state index in [4.69, 9.17) is 14.6 Å². The number of benzene rings is 1. The molecule has 0 radical (unpaired) electrons. The van der Waals surface area contributed by atoms with Crippen molar-refractivity contribution in [3.05, 3.63) is 53.8 Å². The summed E-state index contributed by atoms with van der Waals surface area (Å²) in [6, 6.07) is 8.67. The van der Waals surface area contributed by atoms with Gasteiger partial charge in [-0.2, -0.15) is 0 Å². The Labute approximate surface area is 145 Å². The fourth-order valence-electron chi connectivity index (χ4n) is 4.26. The van der Waals surface area contributed by atoms with Crippen molar-refractivity contribution in [3.63, 3.8) is 0 Å². The van der Waals surface area contributed by atoms with Crippen molar-refractivity contribution in [2.24, 2.45) is 5.92 Å². The molecule has 0 spiro atoms. The molecule has 1 N–H and O–H groups in total. The fraction of sp³-hybridized carbons (Fsp3) is 0.524. The SMILES string of the molecule is COc1ccc(C2(C3C=CC(OCCO)=CC3)CCCCC2)cc1. The van der Waals surface area contributed by atoms with Crippen LogP contribution in [-0.2, 0) is 10.2 Å². The van der Waals surface area contributed by atoms with Gasteiger partial charge in [-0.15, -0.1) is 0 Å². The molecule has 0 aliphatic heterocycles. The minimum absolute atomic E-state index is 0.0599. The van der Waals surface area contributed by atoms with E-state index in [2.05, 4.69) is 42.5 Å². The number of rotatable bonds is 6. The zero-order chi connectivity index (χ0) is 16.8. The lowest BCUT2D eigenvalue weighted by molar-refractivity contribution is 0.148. The largest absolute Gasteiger partial charge is 0.497 e. The lowest BCUT2D eigenvalue weighted by Gasteiger charge is -2.44. The van der Waals surface area contributed by atoms with Gasteiger partial charge in [0.2, 0.25) is 0 Å². The fourth-order valence-corrected chi connectivity index (χ4v) is 4.26. The number of hydrogen-bond donors (Lipinski definition) is 1. The van der Waals surface area contributed by atoms with E-state index in [1.54, 1.807) is 7.11 Å². The average molecular weight is 328 g/mol. The highest BCUT2D eigenvalue weighted by atomic mass is 16.5. The first-order valence-corrected chi connectivity index (χ1v) is 9.05. The summed E-state index contributed by atoms with van der Waals surface area (Å²) < 4.78 is 10.9. The minimum Gasteiger partial charge on any atom is -0.497 e. The maximum Gasteiger partial charge on any atom is 0.118 e. The molecule has 1 fully saturated rings. The third kappa shape index (κ3) is 3.51. The Kier molecular flexibility index (Phi) is 5.62. The molecule has 24 heavy (non-hydrogen) atoms.